The van der Waals surface area contributed by atoms with Crippen LogP contribution in [0.4, 0.5) is 4.79 Å². The maximum absolute atomic E-state index is 12.4. The molecular formula is C23H25NO4. The summed E-state index contributed by atoms with van der Waals surface area (Å²) in [6.45, 7) is 7.36. The first kappa shape index (κ1) is 19.7. The van der Waals surface area contributed by atoms with Crippen LogP contribution in [0.25, 0.3) is 11.1 Å². The van der Waals surface area contributed by atoms with Gasteiger partial charge in [0.05, 0.1) is 0 Å². The summed E-state index contributed by atoms with van der Waals surface area (Å²) in [6.07, 6.45) is 1.37. The third kappa shape index (κ3) is 3.79. The van der Waals surface area contributed by atoms with Gasteiger partial charge in [0.1, 0.15) is 12.6 Å². The molecule has 5 heteroatoms. The summed E-state index contributed by atoms with van der Waals surface area (Å²) in [5.41, 5.74) is 3.82. The molecule has 3 rings (SSSR count). The van der Waals surface area contributed by atoms with Crippen molar-refractivity contribution in [1.29, 1.82) is 0 Å². The summed E-state index contributed by atoms with van der Waals surface area (Å²) < 4.78 is 5.45. The van der Waals surface area contributed by atoms with Crippen LogP contribution in [-0.2, 0) is 9.53 Å². The molecule has 0 bridgehead atoms. The Morgan fingerprint density at radius 3 is 2.18 bits per heavy atom. The number of hydrogen-bond donors (Lipinski definition) is 2. The van der Waals surface area contributed by atoms with Crippen LogP contribution in [0.15, 0.2) is 61.2 Å². The number of nitrogens with one attached hydrogen (secondary N) is 1. The molecule has 1 unspecified atom stereocenters. The zero-order valence-corrected chi connectivity index (χ0v) is 16.1. The molecule has 1 atom stereocenters. The second kappa shape index (κ2) is 7.89. The largest absolute Gasteiger partial charge is 0.480 e. The normalized spacial score (nSPS) is 13.9. The number of carbonyl (C=O) groups excluding carboxylic acids is 1. The molecule has 0 saturated heterocycles. The van der Waals surface area contributed by atoms with Crippen LogP contribution in [0.2, 0.25) is 0 Å². The van der Waals surface area contributed by atoms with Crippen LogP contribution in [-0.4, -0.2) is 29.8 Å². The highest BCUT2D eigenvalue weighted by Crippen LogP contribution is 2.44. The second-order valence-electron chi connectivity index (χ2n) is 7.72. The number of fused-ring (bicyclic) bond motifs is 3. The maximum atomic E-state index is 12.4. The number of carbonyl (C=O) groups is 2. The molecule has 0 saturated carbocycles. The highest BCUT2D eigenvalue weighted by Gasteiger charge is 2.36. The molecule has 1 amide bonds. The zero-order chi connectivity index (χ0) is 20.3. The number of carboxylic acid groups (broad SMARTS) is 1. The van der Waals surface area contributed by atoms with Gasteiger partial charge in [-0.05, 0) is 34.1 Å². The van der Waals surface area contributed by atoms with Crippen molar-refractivity contribution in [2.45, 2.75) is 32.2 Å². The number of aliphatic carboxylic acids is 1. The summed E-state index contributed by atoms with van der Waals surface area (Å²) in [5.74, 6) is -1.16. The summed E-state index contributed by atoms with van der Waals surface area (Å²) in [7, 11) is 0. The lowest BCUT2D eigenvalue weighted by Crippen LogP contribution is -2.50. The molecule has 2 N–H and O–H groups in total. The maximum Gasteiger partial charge on any atom is 0.407 e. The fourth-order valence-corrected chi connectivity index (χ4v) is 3.84. The number of hydrogen-bond acceptors (Lipinski definition) is 3. The van der Waals surface area contributed by atoms with E-state index in [-0.39, 0.29) is 12.5 Å². The van der Waals surface area contributed by atoms with Crippen molar-refractivity contribution in [1.82, 2.24) is 5.32 Å². The van der Waals surface area contributed by atoms with Gasteiger partial charge in [0.2, 0.25) is 0 Å². The smallest absolute Gasteiger partial charge is 0.407 e. The lowest BCUT2D eigenvalue weighted by molar-refractivity contribution is -0.142. The first-order valence-corrected chi connectivity index (χ1v) is 9.30. The molecule has 5 nitrogen and oxygen atoms in total. The average Bonchev–Trinajstić information content (AvgIpc) is 2.98. The average molecular weight is 379 g/mol. The molecule has 0 aliphatic heterocycles. The molecule has 0 heterocycles. The fourth-order valence-electron chi connectivity index (χ4n) is 3.84. The van der Waals surface area contributed by atoms with Crippen molar-refractivity contribution in [2.24, 2.45) is 5.41 Å². The van der Waals surface area contributed by atoms with Gasteiger partial charge in [0, 0.05) is 5.92 Å². The number of carboxylic acids is 1. The van der Waals surface area contributed by atoms with Crippen molar-refractivity contribution in [3.63, 3.8) is 0 Å². The Hall–Kier alpha value is -3.08. The van der Waals surface area contributed by atoms with E-state index in [0.717, 1.165) is 22.3 Å². The van der Waals surface area contributed by atoms with Gasteiger partial charge in [-0.3, -0.25) is 0 Å². The van der Waals surface area contributed by atoms with E-state index in [0.29, 0.717) is 6.42 Å². The molecule has 28 heavy (non-hydrogen) atoms. The van der Waals surface area contributed by atoms with Crippen molar-refractivity contribution in [3.05, 3.63) is 72.3 Å². The van der Waals surface area contributed by atoms with Gasteiger partial charge in [0.25, 0.3) is 0 Å². The predicted octanol–water partition coefficient (Wildman–Crippen LogP) is 4.58. The van der Waals surface area contributed by atoms with E-state index in [1.54, 1.807) is 19.9 Å². The molecule has 0 aromatic heterocycles. The molecule has 2 aromatic carbocycles. The Kier molecular flexibility index (Phi) is 5.54. The van der Waals surface area contributed by atoms with Crippen molar-refractivity contribution >= 4 is 12.1 Å². The zero-order valence-electron chi connectivity index (χ0n) is 16.1. The van der Waals surface area contributed by atoms with Gasteiger partial charge < -0.3 is 15.2 Å². The van der Waals surface area contributed by atoms with Gasteiger partial charge in [-0.2, -0.15) is 0 Å². The van der Waals surface area contributed by atoms with Crippen LogP contribution in [0, 0.1) is 5.41 Å². The first-order valence-electron chi connectivity index (χ1n) is 9.30. The van der Waals surface area contributed by atoms with Gasteiger partial charge in [-0.1, -0.05) is 68.5 Å². The van der Waals surface area contributed by atoms with E-state index < -0.39 is 23.5 Å². The molecule has 0 radical (unpaired) electrons. The minimum atomic E-state index is -1.10. The molecule has 0 spiro atoms. The van der Waals surface area contributed by atoms with Crippen LogP contribution in [0.3, 0.4) is 0 Å². The van der Waals surface area contributed by atoms with Crippen LogP contribution < -0.4 is 5.32 Å². The highest BCUT2D eigenvalue weighted by molar-refractivity contribution is 5.81. The van der Waals surface area contributed by atoms with Gasteiger partial charge >= 0.3 is 12.1 Å². The van der Waals surface area contributed by atoms with E-state index in [1.165, 1.54) is 0 Å². The topological polar surface area (TPSA) is 75.6 Å². The minimum Gasteiger partial charge on any atom is -0.480 e. The SMILES string of the molecule is C=CCC(C)(C)C(NC(=O)OCC1c2ccccc2-c2ccccc21)C(=O)O. The summed E-state index contributed by atoms with van der Waals surface area (Å²) in [4.78, 5) is 24.0. The standard InChI is InChI=1S/C23H25NO4/c1-4-13-23(2,3)20(21(25)26)24-22(27)28-14-19-17-11-7-5-9-15(17)16-10-6-8-12-18(16)19/h4-12,19-20H,1,13-14H2,2-3H3,(H,24,27)(H,25,26). The Balaban J connectivity index is 1.73. The summed E-state index contributed by atoms with van der Waals surface area (Å²) >= 11 is 0. The van der Waals surface area contributed by atoms with E-state index in [9.17, 15) is 14.7 Å². The lowest BCUT2D eigenvalue weighted by Gasteiger charge is -2.30. The third-order valence-electron chi connectivity index (χ3n) is 5.30. The molecule has 0 fully saturated rings. The Bertz CT molecular complexity index is 857. The quantitative estimate of drug-likeness (QED) is 0.691. The van der Waals surface area contributed by atoms with Crippen molar-refractivity contribution < 1.29 is 19.4 Å². The number of amides is 1. The molecular weight excluding hydrogens is 354 g/mol. The van der Waals surface area contributed by atoms with Crippen LogP contribution in [0.1, 0.15) is 37.3 Å². The second-order valence-corrected chi connectivity index (χ2v) is 7.72. The van der Waals surface area contributed by atoms with E-state index >= 15 is 0 Å². The number of allylic oxidation sites excluding steroid dienone is 1. The Morgan fingerprint density at radius 1 is 1.14 bits per heavy atom. The molecule has 1 aliphatic rings. The third-order valence-corrected chi connectivity index (χ3v) is 5.30. The molecule has 1 aliphatic carbocycles. The minimum absolute atomic E-state index is 0.0670. The van der Waals surface area contributed by atoms with Crippen molar-refractivity contribution in [3.8, 4) is 11.1 Å². The van der Waals surface area contributed by atoms with Crippen LogP contribution >= 0.6 is 0 Å². The van der Waals surface area contributed by atoms with Gasteiger partial charge in [-0.15, -0.1) is 6.58 Å². The van der Waals surface area contributed by atoms with E-state index in [1.807, 2.05) is 36.4 Å². The number of ether oxygens (including phenoxy) is 1. The number of benzene rings is 2. The lowest BCUT2D eigenvalue weighted by atomic mass is 9.81. The van der Waals surface area contributed by atoms with Crippen LogP contribution in [0.5, 0.6) is 0 Å². The summed E-state index contributed by atoms with van der Waals surface area (Å²) in [5, 5.41) is 12.0. The molecule has 146 valence electrons. The Morgan fingerprint density at radius 2 is 1.68 bits per heavy atom. The first-order chi connectivity index (χ1) is 13.3. The summed E-state index contributed by atoms with van der Waals surface area (Å²) in [6, 6.07) is 15.0. The van der Waals surface area contributed by atoms with E-state index in [4.69, 9.17) is 4.74 Å². The van der Waals surface area contributed by atoms with Gasteiger partial charge in [0.15, 0.2) is 0 Å². The monoisotopic (exact) mass is 379 g/mol. The molecule has 2 aromatic rings. The number of rotatable bonds is 7. The van der Waals surface area contributed by atoms with E-state index in [2.05, 4.69) is 24.0 Å². The van der Waals surface area contributed by atoms with Crippen molar-refractivity contribution in [2.75, 3.05) is 6.61 Å². The number of alkyl carbamates (subject to hydrolysis) is 1. The fraction of sp³-hybridized carbons (Fsp3) is 0.304. The highest BCUT2D eigenvalue weighted by atomic mass is 16.5. The van der Waals surface area contributed by atoms with Gasteiger partial charge in [-0.25, -0.2) is 9.59 Å². The Labute approximate surface area is 165 Å². The predicted molar refractivity (Wildman–Crippen MR) is 108 cm³/mol.